The zero-order valence-electron chi connectivity index (χ0n) is 35.9. The van der Waals surface area contributed by atoms with Crippen LogP contribution in [-0.4, -0.2) is 114 Å². The molecule has 4 aromatic carbocycles. The fourth-order valence-electron chi connectivity index (χ4n) is 9.95. The second-order valence-corrected chi connectivity index (χ2v) is 17.6. The van der Waals surface area contributed by atoms with E-state index in [1.54, 1.807) is 26.3 Å². The summed E-state index contributed by atoms with van der Waals surface area (Å²) < 4.78 is 16.2. The van der Waals surface area contributed by atoms with Crippen molar-refractivity contribution in [2.75, 3.05) is 32.8 Å². The molecule has 5 heterocycles. The van der Waals surface area contributed by atoms with Gasteiger partial charge in [-0.3, -0.25) is 43.8 Å². The molecule has 332 valence electrons. The van der Waals surface area contributed by atoms with Gasteiger partial charge in [0.1, 0.15) is 17.5 Å². The summed E-state index contributed by atoms with van der Waals surface area (Å²) >= 11 is 7.09. The molecule has 1 aliphatic carbocycles. The Bertz CT molecular complexity index is 3060. The second-order valence-electron chi connectivity index (χ2n) is 17.1. The molecule has 2 aromatic heterocycles. The Hall–Kier alpha value is -7.04. The third-order valence-electron chi connectivity index (χ3n) is 13.4. The highest BCUT2D eigenvalue weighted by molar-refractivity contribution is 6.35. The van der Waals surface area contributed by atoms with E-state index in [1.165, 1.54) is 12.1 Å². The van der Waals surface area contributed by atoms with Gasteiger partial charge in [-0.05, 0) is 68.8 Å². The van der Waals surface area contributed by atoms with E-state index in [0.717, 1.165) is 45.5 Å². The van der Waals surface area contributed by atoms with Crippen LogP contribution in [0.4, 0.5) is 0 Å². The fraction of sp³-hybridized carbons (Fsp3) is 0.312. The molecule has 1 saturated carbocycles. The lowest BCUT2D eigenvalue weighted by Crippen LogP contribution is -2.57. The van der Waals surface area contributed by atoms with Gasteiger partial charge in [-0.1, -0.05) is 54.1 Å². The molecule has 65 heavy (non-hydrogen) atoms. The molecule has 1 unspecified atom stereocenters. The number of nitrogens with zero attached hydrogens (tertiary/aromatic N) is 6. The number of hydrogen-bond acceptors (Lipinski definition) is 10. The highest BCUT2D eigenvalue weighted by atomic mass is 35.5. The number of halogens is 1. The van der Waals surface area contributed by atoms with Gasteiger partial charge in [-0.15, -0.1) is 0 Å². The number of carboxylic acids is 1. The van der Waals surface area contributed by atoms with Crippen molar-refractivity contribution in [2.24, 2.45) is 7.05 Å². The molecule has 2 N–H and O–H groups in total. The van der Waals surface area contributed by atoms with Crippen molar-refractivity contribution in [2.45, 2.75) is 57.7 Å². The molecule has 17 heteroatoms. The van der Waals surface area contributed by atoms with E-state index in [4.69, 9.17) is 21.1 Å². The summed E-state index contributed by atoms with van der Waals surface area (Å²) in [5.41, 5.74) is 3.39. The van der Waals surface area contributed by atoms with Gasteiger partial charge < -0.3 is 24.0 Å². The Morgan fingerprint density at radius 1 is 0.877 bits per heavy atom. The zero-order valence-corrected chi connectivity index (χ0v) is 36.6. The Labute approximate surface area is 377 Å². The fourth-order valence-corrected chi connectivity index (χ4v) is 10.2. The molecule has 3 fully saturated rings. The molecule has 10 rings (SSSR count). The van der Waals surface area contributed by atoms with Crippen LogP contribution in [0, 0.1) is 13.8 Å². The van der Waals surface area contributed by atoms with Gasteiger partial charge in [0, 0.05) is 79.3 Å². The van der Waals surface area contributed by atoms with E-state index in [9.17, 15) is 33.9 Å². The molecule has 1 spiro atoms. The van der Waals surface area contributed by atoms with E-state index in [2.05, 4.69) is 15.3 Å². The normalized spacial score (nSPS) is 18.2. The third-order valence-corrected chi connectivity index (χ3v) is 13.7. The number of aromatic carboxylic acids is 1. The predicted molar refractivity (Wildman–Crippen MR) is 238 cm³/mol. The molecule has 6 aromatic rings. The SMILES string of the molecule is Cc1nn(C)c(C)c1-c1c(Cl)ccc2c(Oc3cccc4ccccc34)c(C(=O)O)n(CCN3CCN(C(=O)COc4cccc5c4C(=O)N(C4CCC(=O)NC4=O)C5=O)CC34CC4)c12. The number of piperidine rings is 1. The van der Waals surface area contributed by atoms with Gasteiger partial charge in [0.05, 0.1) is 27.4 Å². The summed E-state index contributed by atoms with van der Waals surface area (Å²) in [4.78, 5) is 83.5. The van der Waals surface area contributed by atoms with Crippen LogP contribution in [0.1, 0.15) is 68.3 Å². The smallest absolute Gasteiger partial charge is 0.356 e. The molecular formula is C48H44ClN7O9. The Morgan fingerprint density at radius 3 is 2.37 bits per heavy atom. The van der Waals surface area contributed by atoms with E-state index < -0.39 is 35.6 Å². The van der Waals surface area contributed by atoms with E-state index in [0.29, 0.717) is 53.4 Å². The number of hydrogen-bond donors (Lipinski definition) is 2. The largest absolute Gasteiger partial charge is 0.483 e. The van der Waals surface area contributed by atoms with Crippen molar-refractivity contribution in [1.82, 2.24) is 34.4 Å². The monoisotopic (exact) mass is 897 g/mol. The van der Waals surface area contributed by atoms with Crippen molar-refractivity contribution < 1.29 is 43.3 Å². The lowest BCUT2D eigenvalue weighted by molar-refractivity contribution is -0.137. The summed E-state index contributed by atoms with van der Waals surface area (Å²) in [5.74, 6) is -3.25. The first kappa shape index (κ1) is 41.9. The topological polar surface area (TPSA) is 186 Å². The number of amides is 5. The van der Waals surface area contributed by atoms with Crippen molar-refractivity contribution >= 4 is 68.8 Å². The molecule has 0 radical (unpaired) electrons. The van der Waals surface area contributed by atoms with E-state index in [1.807, 2.05) is 69.4 Å². The first-order chi connectivity index (χ1) is 31.3. The number of aryl methyl sites for hydroxylation is 2. The summed E-state index contributed by atoms with van der Waals surface area (Å²) in [6.07, 6.45) is 1.67. The van der Waals surface area contributed by atoms with Crippen LogP contribution in [0.2, 0.25) is 5.02 Å². The average molecular weight is 898 g/mol. The van der Waals surface area contributed by atoms with Crippen molar-refractivity contribution in [3.8, 4) is 28.4 Å². The number of piperazine rings is 1. The summed E-state index contributed by atoms with van der Waals surface area (Å²) in [6, 6.07) is 20.4. The first-order valence-electron chi connectivity index (χ1n) is 21.5. The van der Waals surface area contributed by atoms with E-state index >= 15 is 0 Å². The number of rotatable bonds is 11. The maximum atomic E-state index is 13.8. The number of fused-ring (bicyclic) bond motifs is 3. The average Bonchev–Trinajstić information content (AvgIpc) is 3.83. The zero-order chi connectivity index (χ0) is 45.5. The standard InChI is InChI=1S/C48H44ClN7O9/c1-26-38(27(2)52(3)51-26)40-32(49)15-14-31-41(40)55(42(47(62)63)43(31)65-34-12-6-9-28-8-4-5-10-29(28)34)23-22-54-21-20-53(25-48(54)18-19-48)37(58)24-64-35-13-7-11-30-39(35)46(61)56(45(30)60)33-16-17-36(57)50-44(33)59/h4-15,33H,16-25H2,1-3H3,(H,62,63)(H,50,57,59). The van der Waals surface area contributed by atoms with Crippen molar-refractivity contribution in [3.63, 3.8) is 0 Å². The van der Waals surface area contributed by atoms with Crippen LogP contribution in [0.15, 0.2) is 72.8 Å². The lowest BCUT2D eigenvalue weighted by Gasteiger charge is -2.42. The molecular weight excluding hydrogens is 854 g/mol. The lowest BCUT2D eigenvalue weighted by atomic mass is 10.0. The minimum atomic E-state index is -1.16. The number of imide groups is 2. The first-order valence-corrected chi connectivity index (χ1v) is 21.9. The predicted octanol–water partition coefficient (Wildman–Crippen LogP) is 6.11. The van der Waals surface area contributed by atoms with Crippen molar-refractivity contribution in [3.05, 3.63) is 106 Å². The Morgan fingerprint density at radius 2 is 1.63 bits per heavy atom. The van der Waals surface area contributed by atoms with Gasteiger partial charge >= 0.3 is 5.97 Å². The maximum Gasteiger partial charge on any atom is 0.356 e. The van der Waals surface area contributed by atoms with Gasteiger partial charge in [0.15, 0.2) is 18.1 Å². The molecule has 2 saturated heterocycles. The van der Waals surface area contributed by atoms with Gasteiger partial charge in [0.2, 0.25) is 11.8 Å². The van der Waals surface area contributed by atoms with E-state index in [-0.39, 0.29) is 65.8 Å². The van der Waals surface area contributed by atoms with Crippen LogP contribution in [0.3, 0.4) is 0 Å². The minimum absolute atomic E-state index is 0.00700. The van der Waals surface area contributed by atoms with Crippen LogP contribution < -0.4 is 14.8 Å². The second kappa shape index (κ2) is 15.9. The molecule has 3 aliphatic heterocycles. The summed E-state index contributed by atoms with van der Waals surface area (Å²) in [6.45, 7) is 5.50. The van der Waals surface area contributed by atoms with Gasteiger partial charge in [-0.2, -0.15) is 5.10 Å². The highest BCUT2D eigenvalue weighted by Crippen LogP contribution is 2.48. The number of benzene rings is 4. The third kappa shape index (κ3) is 6.98. The summed E-state index contributed by atoms with van der Waals surface area (Å²) in [5, 5.41) is 20.7. The molecule has 0 bridgehead atoms. The number of carbonyl (C=O) groups excluding carboxylic acids is 5. The molecule has 16 nitrogen and oxygen atoms in total. The summed E-state index contributed by atoms with van der Waals surface area (Å²) in [7, 11) is 1.86. The van der Waals surface area contributed by atoms with Gasteiger partial charge in [0.25, 0.3) is 17.7 Å². The molecule has 5 amide bonds. The van der Waals surface area contributed by atoms with Gasteiger partial charge in [-0.25, -0.2) is 4.79 Å². The number of carboxylic acid groups (broad SMARTS) is 1. The van der Waals surface area contributed by atoms with Crippen molar-refractivity contribution in [1.29, 1.82) is 0 Å². The number of aromatic nitrogens is 3. The number of ether oxygens (including phenoxy) is 2. The molecule has 4 aliphatic rings. The molecule has 1 atom stereocenters. The Balaban J connectivity index is 0.910. The maximum absolute atomic E-state index is 13.8. The van der Waals surface area contributed by atoms with Crippen LogP contribution in [0.5, 0.6) is 17.2 Å². The number of carbonyl (C=O) groups is 6. The van der Waals surface area contributed by atoms with Crippen LogP contribution >= 0.6 is 11.6 Å². The highest BCUT2D eigenvalue weighted by Gasteiger charge is 2.52. The van der Waals surface area contributed by atoms with Crippen LogP contribution in [-0.2, 0) is 28.0 Å². The quantitative estimate of drug-likeness (QED) is 0.143. The van der Waals surface area contributed by atoms with Crippen LogP contribution in [0.25, 0.3) is 32.8 Å². The Kier molecular flexibility index (Phi) is 10.3. The minimum Gasteiger partial charge on any atom is -0.483 e. The number of nitrogens with one attached hydrogen (secondary N) is 1.